The Labute approximate surface area is 179 Å². The van der Waals surface area contributed by atoms with Crippen molar-refractivity contribution < 1.29 is 27.4 Å². The van der Waals surface area contributed by atoms with Gasteiger partial charge in [-0.3, -0.25) is 4.79 Å². The number of anilines is 2. The second-order valence-corrected chi connectivity index (χ2v) is 7.86. The molecule has 2 aromatic heterocycles. The monoisotopic (exact) mass is 452 g/mol. The molecule has 0 saturated carbocycles. The largest absolute Gasteiger partial charge is 0.493 e. The van der Waals surface area contributed by atoms with E-state index in [9.17, 15) is 18.0 Å². The predicted octanol–water partition coefficient (Wildman–Crippen LogP) is 4.87. The van der Waals surface area contributed by atoms with Gasteiger partial charge in [-0.25, -0.2) is 4.68 Å². The van der Waals surface area contributed by atoms with Crippen LogP contribution in [0.3, 0.4) is 0 Å². The molecule has 2 atom stereocenters. The molecule has 0 spiro atoms. The number of alkyl halides is 3. The van der Waals surface area contributed by atoms with Crippen LogP contribution in [0.1, 0.15) is 33.7 Å². The van der Waals surface area contributed by atoms with Crippen LogP contribution >= 0.6 is 11.3 Å². The van der Waals surface area contributed by atoms with Gasteiger partial charge >= 0.3 is 6.18 Å². The SMILES string of the molecule is COc1ccc(NC(=O)c2cnn3c2N[C@@H](c2cccs2)C[C@@H]3C(F)(F)F)cc1OC. The molecule has 3 aromatic rings. The van der Waals surface area contributed by atoms with Crippen LogP contribution < -0.4 is 20.1 Å². The van der Waals surface area contributed by atoms with Crippen LogP contribution in [0.5, 0.6) is 11.5 Å². The van der Waals surface area contributed by atoms with Gasteiger partial charge in [0.05, 0.1) is 26.5 Å². The number of methoxy groups -OCH3 is 2. The van der Waals surface area contributed by atoms with Gasteiger partial charge in [-0.1, -0.05) is 6.07 Å². The molecule has 2 N–H and O–H groups in total. The van der Waals surface area contributed by atoms with E-state index < -0.39 is 24.2 Å². The first-order chi connectivity index (χ1) is 14.8. The van der Waals surface area contributed by atoms with Crippen LogP contribution in [0.25, 0.3) is 0 Å². The Balaban J connectivity index is 1.65. The number of hydrogen-bond donors (Lipinski definition) is 2. The van der Waals surface area contributed by atoms with E-state index in [1.54, 1.807) is 35.7 Å². The Hall–Kier alpha value is -3.21. The molecule has 0 bridgehead atoms. The quantitative estimate of drug-likeness (QED) is 0.577. The molecule has 0 fully saturated rings. The van der Waals surface area contributed by atoms with E-state index in [1.807, 2.05) is 0 Å². The fourth-order valence-electron chi connectivity index (χ4n) is 3.52. The summed E-state index contributed by atoms with van der Waals surface area (Å²) < 4.78 is 52.4. The van der Waals surface area contributed by atoms with Crippen molar-refractivity contribution in [2.24, 2.45) is 0 Å². The molecule has 4 rings (SSSR count). The fraction of sp³-hybridized carbons (Fsp3) is 0.300. The first-order valence-corrected chi connectivity index (χ1v) is 10.2. The molecule has 1 aliphatic heterocycles. The Kier molecular flexibility index (Phi) is 5.52. The molecule has 11 heteroatoms. The highest BCUT2D eigenvalue weighted by Gasteiger charge is 2.47. The van der Waals surface area contributed by atoms with E-state index in [-0.39, 0.29) is 17.8 Å². The number of aromatic nitrogens is 2. The van der Waals surface area contributed by atoms with E-state index in [1.165, 1.54) is 25.6 Å². The maximum absolute atomic E-state index is 13.7. The van der Waals surface area contributed by atoms with Crippen molar-refractivity contribution in [1.82, 2.24) is 9.78 Å². The summed E-state index contributed by atoms with van der Waals surface area (Å²) in [7, 11) is 2.95. The molecule has 0 saturated heterocycles. The molecular formula is C20H19F3N4O3S. The summed E-state index contributed by atoms with van der Waals surface area (Å²) in [6.07, 6.45) is -3.57. The van der Waals surface area contributed by atoms with Crippen LogP contribution in [-0.4, -0.2) is 36.1 Å². The number of benzene rings is 1. The molecule has 1 amide bonds. The summed E-state index contributed by atoms with van der Waals surface area (Å²) in [5.41, 5.74) is 0.422. The number of carbonyl (C=O) groups excluding carboxylic acids is 1. The van der Waals surface area contributed by atoms with Gasteiger partial charge in [-0.05, 0) is 23.6 Å². The second-order valence-electron chi connectivity index (χ2n) is 6.88. The summed E-state index contributed by atoms with van der Waals surface area (Å²) in [5, 5.41) is 11.4. The normalized spacial score (nSPS) is 18.1. The van der Waals surface area contributed by atoms with Crippen molar-refractivity contribution in [3.63, 3.8) is 0 Å². The van der Waals surface area contributed by atoms with E-state index in [0.717, 1.165) is 15.8 Å². The topological polar surface area (TPSA) is 77.4 Å². The van der Waals surface area contributed by atoms with E-state index in [4.69, 9.17) is 9.47 Å². The predicted molar refractivity (Wildman–Crippen MR) is 110 cm³/mol. The van der Waals surface area contributed by atoms with E-state index >= 15 is 0 Å². The Morgan fingerprint density at radius 1 is 1.26 bits per heavy atom. The van der Waals surface area contributed by atoms with Gasteiger partial charge < -0.3 is 20.1 Å². The van der Waals surface area contributed by atoms with E-state index in [2.05, 4.69) is 15.7 Å². The maximum Gasteiger partial charge on any atom is 0.410 e. The van der Waals surface area contributed by atoms with Crippen molar-refractivity contribution in [2.45, 2.75) is 24.7 Å². The zero-order chi connectivity index (χ0) is 22.2. The molecule has 0 radical (unpaired) electrons. The summed E-state index contributed by atoms with van der Waals surface area (Å²) >= 11 is 1.36. The number of fused-ring (bicyclic) bond motifs is 1. The molecule has 0 aliphatic carbocycles. The lowest BCUT2D eigenvalue weighted by atomic mass is 10.0. The molecule has 1 aliphatic rings. The van der Waals surface area contributed by atoms with Crippen LogP contribution in [0.15, 0.2) is 41.9 Å². The van der Waals surface area contributed by atoms with Crippen LogP contribution in [0, 0.1) is 0 Å². The Morgan fingerprint density at radius 3 is 2.68 bits per heavy atom. The van der Waals surface area contributed by atoms with E-state index in [0.29, 0.717) is 17.2 Å². The van der Waals surface area contributed by atoms with Crippen LogP contribution in [0.4, 0.5) is 24.7 Å². The number of nitrogens with one attached hydrogen (secondary N) is 2. The summed E-state index contributed by atoms with van der Waals surface area (Å²) in [5.74, 6) is 0.334. The highest BCUT2D eigenvalue weighted by Crippen LogP contribution is 2.45. The van der Waals surface area contributed by atoms with Crippen molar-refractivity contribution in [3.05, 3.63) is 52.3 Å². The standard InChI is InChI=1S/C20H19F3N4O3S/c1-29-14-6-5-11(8-15(14)30-2)25-19(28)12-10-24-27-17(20(21,22)23)9-13(26-18(12)27)16-4-3-7-31-16/h3-8,10,13,17,26H,9H2,1-2H3,(H,25,28)/t13-,17-/m1/s1. The summed E-state index contributed by atoms with van der Waals surface area (Å²) in [4.78, 5) is 13.7. The van der Waals surface area contributed by atoms with Gasteiger partial charge in [0.2, 0.25) is 0 Å². The highest BCUT2D eigenvalue weighted by molar-refractivity contribution is 7.10. The van der Waals surface area contributed by atoms with Crippen LogP contribution in [0.2, 0.25) is 0 Å². The molecule has 3 heterocycles. The first-order valence-electron chi connectivity index (χ1n) is 9.29. The highest BCUT2D eigenvalue weighted by atomic mass is 32.1. The second kappa shape index (κ2) is 8.14. The lowest BCUT2D eigenvalue weighted by molar-refractivity contribution is -0.173. The molecule has 1 aromatic carbocycles. The molecule has 31 heavy (non-hydrogen) atoms. The molecule has 0 unspecified atom stereocenters. The maximum atomic E-state index is 13.7. The molecule has 164 valence electrons. The average Bonchev–Trinajstić information content (AvgIpc) is 3.42. The number of nitrogens with zero attached hydrogens (tertiary/aromatic N) is 2. The number of halogens is 3. The van der Waals surface area contributed by atoms with Crippen molar-refractivity contribution in [2.75, 3.05) is 24.9 Å². The van der Waals surface area contributed by atoms with Gasteiger partial charge in [-0.15, -0.1) is 11.3 Å². The first kappa shape index (κ1) is 21.0. The van der Waals surface area contributed by atoms with Crippen molar-refractivity contribution >= 4 is 28.7 Å². The third-order valence-corrected chi connectivity index (χ3v) is 6.00. The fourth-order valence-corrected chi connectivity index (χ4v) is 4.31. The van der Waals surface area contributed by atoms with Gasteiger partial charge in [0, 0.05) is 23.1 Å². The minimum atomic E-state index is -4.50. The lowest BCUT2D eigenvalue weighted by Crippen LogP contribution is -2.36. The third-order valence-electron chi connectivity index (χ3n) is 5.01. The number of ether oxygens (including phenoxy) is 2. The third kappa shape index (κ3) is 4.05. The summed E-state index contributed by atoms with van der Waals surface area (Å²) in [6.45, 7) is 0. The minimum absolute atomic E-state index is 0.0188. The zero-order valence-corrected chi connectivity index (χ0v) is 17.4. The Morgan fingerprint density at radius 2 is 2.03 bits per heavy atom. The van der Waals surface area contributed by atoms with Crippen molar-refractivity contribution in [3.8, 4) is 11.5 Å². The number of thiophene rings is 1. The number of carbonyl (C=O) groups is 1. The molecular weight excluding hydrogens is 433 g/mol. The van der Waals surface area contributed by atoms with Gasteiger partial charge in [0.15, 0.2) is 17.5 Å². The lowest BCUT2D eigenvalue weighted by Gasteiger charge is -2.33. The summed E-state index contributed by atoms with van der Waals surface area (Å²) in [6, 6.07) is 5.92. The Bertz CT molecular complexity index is 1080. The average molecular weight is 452 g/mol. The minimum Gasteiger partial charge on any atom is -0.493 e. The molecule has 7 nitrogen and oxygen atoms in total. The van der Waals surface area contributed by atoms with Gasteiger partial charge in [-0.2, -0.15) is 18.3 Å². The smallest absolute Gasteiger partial charge is 0.410 e. The number of amides is 1. The number of rotatable bonds is 5. The number of hydrogen-bond acceptors (Lipinski definition) is 6. The van der Waals surface area contributed by atoms with Gasteiger partial charge in [0.25, 0.3) is 5.91 Å². The van der Waals surface area contributed by atoms with Crippen molar-refractivity contribution in [1.29, 1.82) is 0 Å². The van der Waals surface area contributed by atoms with Crippen LogP contribution in [-0.2, 0) is 0 Å². The zero-order valence-electron chi connectivity index (χ0n) is 16.6. The van der Waals surface area contributed by atoms with Gasteiger partial charge in [0.1, 0.15) is 11.4 Å².